The Balaban J connectivity index is 1.66. The molecule has 4 rings (SSSR count). The zero-order valence-electron chi connectivity index (χ0n) is 13.3. The van der Waals surface area contributed by atoms with Crippen LogP contribution in [0.15, 0.2) is 43.0 Å². The van der Waals surface area contributed by atoms with E-state index in [1.165, 1.54) is 21.3 Å². The van der Waals surface area contributed by atoms with Crippen molar-refractivity contribution in [3.8, 4) is 0 Å². The minimum absolute atomic E-state index is 0.252. The van der Waals surface area contributed by atoms with Gasteiger partial charge in [0.2, 0.25) is 0 Å². The van der Waals surface area contributed by atoms with Crippen LogP contribution in [-0.4, -0.2) is 33.6 Å². The van der Waals surface area contributed by atoms with Crippen molar-refractivity contribution in [2.75, 3.05) is 6.54 Å². The second kappa shape index (κ2) is 6.02. The van der Waals surface area contributed by atoms with Crippen molar-refractivity contribution in [1.82, 2.24) is 9.96 Å². The fraction of sp³-hybridized carbons (Fsp3) is 0.222. The van der Waals surface area contributed by atoms with Crippen LogP contribution in [0, 0.1) is 0 Å². The van der Waals surface area contributed by atoms with Crippen LogP contribution in [0.25, 0.3) is 6.08 Å². The first-order valence-corrected chi connectivity index (χ1v) is 8.67. The number of hydrogen-bond acceptors (Lipinski definition) is 4. The molecule has 1 unspecified atom stereocenters. The zero-order chi connectivity index (χ0) is 17.6. The number of carboxylic acids is 1. The molecule has 2 aliphatic heterocycles. The smallest absolute Gasteiger partial charge is 0.345 e. The Morgan fingerprint density at radius 2 is 2.16 bits per heavy atom. The summed E-state index contributed by atoms with van der Waals surface area (Å²) < 4.78 is 0. The van der Waals surface area contributed by atoms with E-state index in [0.717, 1.165) is 16.0 Å². The van der Waals surface area contributed by atoms with Crippen LogP contribution in [0.4, 0.5) is 4.79 Å². The Morgan fingerprint density at radius 1 is 1.40 bits per heavy atom. The highest BCUT2D eigenvalue weighted by Crippen LogP contribution is 2.47. The van der Waals surface area contributed by atoms with Crippen LogP contribution in [0.5, 0.6) is 0 Å². The lowest BCUT2D eigenvalue weighted by Crippen LogP contribution is -2.37. The maximum Gasteiger partial charge on any atom is 0.345 e. The quantitative estimate of drug-likeness (QED) is 0.891. The molecule has 0 saturated carbocycles. The second-order valence-electron chi connectivity index (χ2n) is 5.95. The van der Waals surface area contributed by atoms with Crippen LogP contribution in [0.1, 0.15) is 33.0 Å². The van der Waals surface area contributed by atoms with E-state index in [2.05, 4.69) is 6.58 Å². The molecule has 2 aliphatic rings. The van der Waals surface area contributed by atoms with E-state index >= 15 is 0 Å². The Labute approximate surface area is 148 Å². The number of urea groups is 1. The predicted molar refractivity (Wildman–Crippen MR) is 92.7 cm³/mol. The van der Waals surface area contributed by atoms with Crippen molar-refractivity contribution in [3.63, 3.8) is 0 Å². The van der Waals surface area contributed by atoms with Crippen molar-refractivity contribution in [3.05, 3.63) is 63.9 Å². The van der Waals surface area contributed by atoms with E-state index in [1.807, 2.05) is 36.4 Å². The molecule has 3 heterocycles. The summed E-state index contributed by atoms with van der Waals surface area (Å²) in [5, 5.41) is 10.9. The van der Waals surface area contributed by atoms with Crippen LogP contribution >= 0.6 is 11.3 Å². The van der Waals surface area contributed by atoms with Gasteiger partial charge in [-0.15, -0.1) is 11.3 Å². The first-order valence-electron chi connectivity index (χ1n) is 7.85. The number of carbonyl (C=O) groups excluding carboxylic acids is 1. The first-order chi connectivity index (χ1) is 12.1. The number of hydroxylamine groups is 2. The van der Waals surface area contributed by atoms with E-state index in [1.54, 1.807) is 6.08 Å². The molecule has 2 atom stereocenters. The van der Waals surface area contributed by atoms with Gasteiger partial charge in [0.1, 0.15) is 12.6 Å². The van der Waals surface area contributed by atoms with Gasteiger partial charge in [-0.05, 0) is 17.2 Å². The van der Waals surface area contributed by atoms with Gasteiger partial charge in [-0.1, -0.05) is 43.0 Å². The van der Waals surface area contributed by atoms with Gasteiger partial charge in [0.05, 0.1) is 6.54 Å². The van der Waals surface area contributed by atoms with Crippen LogP contribution in [-0.2, 0) is 16.2 Å². The molecule has 6 nitrogen and oxygen atoms in total. The molecule has 2 amide bonds. The number of carboxylic acid groups (broad SMARTS) is 1. The number of nitrogens with zero attached hydrogens (tertiary/aromatic N) is 2. The fourth-order valence-corrected chi connectivity index (χ4v) is 4.48. The van der Waals surface area contributed by atoms with Gasteiger partial charge in [-0.2, -0.15) is 5.06 Å². The standard InChI is InChI=1S/C18H16N2O4S/c1-2-12-8-13-14-9-19(15(17(21)22)16(13)25-12)18(23)20(14)24-10-11-6-4-3-5-7-11/h2-8,14-15H,1,9-10H2,(H,21,22)/t14-,15?/m1/s1. The maximum absolute atomic E-state index is 12.7. The predicted octanol–water partition coefficient (Wildman–Crippen LogP) is 3.44. The normalized spacial score (nSPS) is 21.4. The Morgan fingerprint density at radius 3 is 2.84 bits per heavy atom. The average Bonchev–Trinajstić information content (AvgIpc) is 3.16. The SMILES string of the molecule is C=Cc1cc2c(s1)C(C(=O)O)N1C[C@H]2N(OCc2ccccc2)C1=O. The first kappa shape index (κ1) is 15.9. The molecular weight excluding hydrogens is 340 g/mol. The van der Waals surface area contributed by atoms with Gasteiger partial charge in [-0.3, -0.25) is 4.84 Å². The minimum atomic E-state index is -1.03. The van der Waals surface area contributed by atoms with Gasteiger partial charge in [0.25, 0.3) is 0 Å². The molecule has 1 aromatic heterocycles. The van der Waals surface area contributed by atoms with Gasteiger partial charge in [0.15, 0.2) is 6.04 Å². The van der Waals surface area contributed by atoms with Gasteiger partial charge in [0, 0.05) is 9.75 Å². The van der Waals surface area contributed by atoms with Gasteiger partial charge in [-0.25, -0.2) is 9.59 Å². The number of amides is 2. The molecule has 0 radical (unpaired) electrons. The Bertz CT molecular complexity index is 848. The van der Waals surface area contributed by atoms with Gasteiger partial charge >= 0.3 is 12.0 Å². The summed E-state index contributed by atoms with van der Waals surface area (Å²) in [6, 6.07) is 9.78. The summed E-state index contributed by atoms with van der Waals surface area (Å²) >= 11 is 1.36. The summed E-state index contributed by atoms with van der Waals surface area (Å²) in [5.41, 5.74) is 1.78. The number of benzene rings is 1. The third-order valence-electron chi connectivity index (χ3n) is 4.46. The molecule has 1 fully saturated rings. The third kappa shape index (κ3) is 2.52. The lowest BCUT2D eigenvalue weighted by atomic mass is 9.99. The highest BCUT2D eigenvalue weighted by molar-refractivity contribution is 7.13. The number of fused-ring (bicyclic) bond motifs is 4. The fourth-order valence-electron chi connectivity index (χ4n) is 3.30. The van der Waals surface area contributed by atoms with E-state index in [0.29, 0.717) is 11.4 Å². The summed E-state index contributed by atoms with van der Waals surface area (Å²) in [6.45, 7) is 4.32. The number of aliphatic carboxylic acids is 1. The van der Waals surface area contributed by atoms with E-state index in [9.17, 15) is 14.7 Å². The van der Waals surface area contributed by atoms with Crippen LogP contribution in [0.3, 0.4) is 0 Å². The third-order valence-corrected chi connectivity index (χ3v) is 5.66. The average molecular weight is 356 g/mol. The van der Waals surface area contributed by atoms with E-state index in [4.69, 9.17) is 4.84 Å². The molecule has 2 bridgehead atoms. The number of thiophene rings is 1. The van der Waals surface area contributed by atoms with Crippen molar-refractivity contribution in [2.24, 2.45) is 0 Å². The molecule has 7 heteroatoms. The maximum atomic E-state index is 12.7. The minimum Gasteiger partial charge on any atom is -0.479 e. The molecule has 1 aromatic carbocycles. The molecule has 128 valence electrons. The summed E-state index contributed by atoms with van der Waals surface area (Å²) in [7, 11) is 0. The summed E-state index contributed by atoms with van der Waals surface area (Å²) in [4.78, 5) is 33.2. The topological polar surface area (TPSA) is 70.1 Å². The molecule has 1 N–H and O–H groups in total. The Kier molecular flexibility index (Phi) is 3.82. The lowest BCUT2D eigenvalue weighted by molar-refractivity contribution is -0.143. The lowest BCUT2D eigenvalue weighted by Gasteiger charge is -2.27. The molecule has 2 aromatic rings. The largest absolute Gasteiger partial charge is 0.479 e. The molecule has 1 saturated heterocycles. The van der Waals surface area contributed by atoms with Crippen molar-refractivity contribution < 1.29 is 19.5 Å². The van der Waals surface area contributed by atoms with E-state index in [-0.39, 0.29) is 12.6 Å². The highest BCUT2D eigenvalue weighted by atomic mass is 32.1. The Hall–Kier alpha value is -2.64. The van der Waals surface area contributed by atoms with Crippen molar-refractivity contribution >= 4 is 29.4 Å². The number of hydrogen-bond donors (Lipinski definition) is 1. The summed E-state index contributed by atoms with van der Waals surface area (Å²) in [6.07, 6.45) is 1.70. The molecular formula is C18H16N2O4S. The van der Waals surface area contributed by atoms with Crippen LogP contribution in [0.2, 0.25) is 0 Å². The molecule has 0 aliphatic carbocycles. The van der Waals surface area contributed by atoms with Crippen molar-refractivity contribution in [1.29, 1.82) is 0 Å². The molecule has 25 heavy (non-hydrogen) atoms. The zero-order valence-corrected chi connectivity index (χ0v) is 14.1. The number of carbonyl (C=O) groups is 2. The second-order valence-corrected chi connectivity index (χ2v) is 7.06. The number of rotatable bonds is 5. The van der Waals surface area contributed by atoms with Crippen LogP contribution < -0.4 is 0 Å². The van der Waals surface area contributed by atoms with Gasteiger partial charge < -0.3 is 10.0 Å². The summed E-state index contributed by atoms with van der Waals surface area (Å²) in [5.74, 6) is -1.03. The van der Waals surface area contributed by atoms with E-state index < -0.39 is 18.0 Å². The monoisotopic (exact) mass is 356 g/mol. The molecule has 0 spiro atoms. The highest BCUT2D eigenvalue weighted by Gasteiger charge is 2.52. The van der Waals surface area contributed by atoms with Crippen molar-refractivity contribution in [2.45, 2.75) is 18.7 Å².